The maximum absolute atomic E-state index is 11.9. The Morgan fingerprint density at radius 3 is 2.75 bits per heavy atom. The lowest BCUT2D eigenvalue weighted by Gasteiger charge is -2.02. The molecular weight excluding hydrogens is 157 g/mol. The van der Waals surface area contributed by atoms with Gasteiger partial charge in [-0.25, -0.2) is 0 Å². The van der Waals surface area contributed by atoms with E-state index in [1.54, 1.807) is 12.1 Å². The van der Waals surface area contributed by atoms with Crippen molar-refractivity contribution in [3.63, 3.8) is 0 Å². The number of rotatable bonds is 4. The van der Waals surface area contributed by atoms with Gasteiger partial charge in [0, 0.05) is 4.53 Å². The molecule has 0 aromatic heterocycles. The van der Waals surface area contributed by atoms with Crippen LogP contribution in [0, 0.1) is 0 Å². The highest BCUT2D eigenvalue weighted by molar-refractivity contribution is 5.32. The van der Waals surface area contributed by atoms with E-state index >= 15 is 0 Å². The van der Waals surface area contributed by atoms with E-state index in [0.29, 0.717) is 12.3 Å². The summed E-state index contributed by atoms with van der Waals surface area (Å²) < 4.78 is 11.9. The Kier molecular flexibility index (Phi) is 3.54. The van der Waals surface area contributed by atoms with Gasteiger partial charge in [-0.2, -0.15) is 0 Å². The van der Waals surface area contributed by atoms with E-state index in [1.165, 1.54) is 0 Å². The normalized spacial score (nSPS) is 9.83. The first-order valence-corrected chi connectivity index (χ1v) is 3.95. The zero-order valence-corrected chi connectivity index (χ0v) is 6.79. The van der Waals surface area contributed by atoms with Gasteiger partial charge in [-0.05, 0) is 31.0 Å². The molecule has 2 N–H and O–H groups in total. The van der Waals surface area contributed by atoms with E-state index in [9.17, 15) is 4.53 Å². The summed E-state index contributed by atoms with van der Waals surface area (Å²) in [7, 11) is 0. The molecule has 0 heterocycles. The van der Waals surface area contributed by atoms with Crippen molar-refractivity contribution in [2.24, 2.45) is 5.73 Å². The van der Waals surface area contributed by atoms with Crippen LogP contribution in [0.3, 0.4) is 0 Å². The molecule has 12 heavy (non-hydrogen) atoms. The first-order valence-electron chi connectivity index (χ1n) is 3.95. The molecule has 0 saturated heterocycles. The molecule has 0 bridgehead atoms. The Hall–Kier alpha value is -1.09. The zero-order chi connectivity index (χ0) is 8.81. The molecule has 0 spiro atoms. The molecule has 0 unspecified atom stereocenters. The van der Waals surface area contributed by atoms with Crippen molar-refractivity contribution in [1.82, 2.24) is 0 Å². The zero-order valence-electron chi connectivity index (χ0n) is 6.79. The van der Waals surface area contributed by atoms with Crippen LogP contribution < -0.4 is 10.7 Å². The van der Waals surface area contributed by atoms with Crippen molar-refractivity contribution in [2.45, 2.75) is 12.8 Å². The Balaban J connectivity index is 2.68. The van der Waals surface area contributed by atoms with Gasteiger partial charge in [0.15, 0.2) is 5.75 Å². The summed E-state index contributed by atoms with van der Waals surface area (Å²) in [5.74, 6) is 0.297. The second-order valence-corrected chi connectivity index (χ2v) is 2.58. The molecule has 66 valence electrons. The van der Waals surface area contributed by atoms with Crippen LogP contribution in [-0.2, 0) is 6.42 Å². The van der Waals surface area contributed by atoms with Gasteiger partial charge in [-0.1, -0.05) is 18.2 Å². The minimum atomic E-state index is 0.297. The van der Waals surface area contributed by atoms with Crippen LogP contribution >= 0.6 is 0 Å². The summed E-state index contributed by atoms with van der Waals surface area (Å²) in [5, 5.41) is 0. The highest BCUT2D eigenvalue weighted by Gasteiger charge is 2.01. The predicted octanol–water partition coefficient (Wildman–Crippen LogP) is 1.84. The Labute approximate surface area is 71.0 Å². The molecule has 1 aromatic rings. The van der Waals surface area contributed by atoms with Gasteiger partial charge in [-0.15, -0.1) is 0 Å². The van der Waals surface area contributed by atoms with Crippen LogP contribution in [0.4, 0.5) is 4.53 Å². The van der Waals surface area contributed by atoms with Gasteiger partial charge in [0.2, 0.25) is 0 Å². The molecule has 0 fully saturated rings. The highest BCUT2D eigenvalue weighted by atomic mass is 19.3. The third-order valence-corrected chi connectivity index (χ3v) is 1.71. The van der Waals surface area contributed by atoms with Crippen molar-refractivity contribution < 1.29 is 9.47 Å². The van der Waals surface area contributed by atoms with Crippen molar-refractivity contribution >= 4 is 0 Å². The summed E-state index contributed by atoms with van der Waals surface area (Å²) in [6, 6.07) is 7.03. The molecule has 0 radical (unpaired) electrons. The average molecular weight is 169 g/mol. The SMILES string of the molecule is NCCCc1ccccc1OF. The van der Waals surface area contributed by atoms with Crippen LogP contribution in [0.1, 0.15) is 12.0 Å². The number of hydrogen-bond donors (Lipinski definition) is 1. The molecule has 3 heteroatoms. The van der Waals surface area contributed by atoms with Gasteiger partial charge in [0.05, 0.1) is 0 Å². The Morgan fingerprint density at radius 1 is 1.33 bits per heavy atom. The van der Waals surface area contributed by atoms with E-state index < -0.39 is 0 Å². The number of hydrogen-bond acceptors (Lipinski definition) is 2. The fourth-order valence-electron chi connectivity index (χ4n) is 1.08. The van der Waals surface area contributed by atoms with E-state index in [1.807, 2.05) is 12.1 Å². The maximum atomic E-state index is 11.9. The molecule has 2 nitrogen and oxygen atoms in total. The van der Waals surface area contributed by atoms with E-state index in [0.717, 1.165) is 18.4 Å². The molecule has 0 atom stereocenters. The third-order valence-electron chi connectivity index (χ3n) is 1.71. The fourth-order valence-corrected chi connectivity index (χ4v) is 1.08. The minimum Gasteiger partial charge on any atom is -0.330 e. The van der Waals surface area contributed by atoms with E-state index in [2.05, 4.69) is 4.94 Å². The lowest BCUT2D eigenvalue weighted by Crippen LogP contribution is -2.00. The average Bonchev–Trinajstić information content (AvgIpc) is 2.15. The van der Waals surface area contributed by atoms with Crippen molar-refractivity contribution in [3.8, 4) is 5.75 Å². The summed E-state index contributed by atoms with van der Waals surface area (Å²) in [4.78, 5) is 3.70. The first kappa shape index (κ1) is 9.00. The second kappa shape index (κ2) is 4.72. The summed E-state index contributed by atoms with van der Waals surface area (Å²) in [5.41, 5.74) is 6.20. The topological polar surface area (TPSA) is 35.2 Å². The van der Waals surface area contributed by atoms with Crippen LogP contribution in [-0.4, -0.2) is 6.54 Å². The number of aryl methyl sites for hydroxylation is 1. The number of para-hydroxylation sites is 1. The predicted molar refractivity (Wildman–Crippen MR) is 45.6 cm³/mol. The first-order chi connectivity index (χ1) is 5.88. The molecule has 0 aliphatic heterocycles. The minimum absolute atomic E-state index is 0.297. The highest BCUT2D eigenvalue weighted by Crippen LogP contribution is 2.19. The van der Waals surface area contributed by atoms with Crippen LogP contribution in [0.2, 0.25) is 0 Å². The largest absolute Gasteiger partial charge is 0.330 e. The maximum Gasteiger partial charge on any atom is 0.175 e. The second-order valence-electron chi connectivity index (χ2n) is 2.58. The molecule has 0 aliphatic carbocycles. The fraction of sp³-hybridized carbons (Fsp3) is 0.333. The summed E-state index contributed by atoms with van der Waals surface area (Å²) in [6.45, 7) is 0.612. The van der Waals surface area contributed by atoms with Gasteiger partial charge in [-0.3, -0.25) is 4.94 Å². The quantitative estimate of drug-likeness (QED) is 0.746. The molecule has 1 aromatic carbocycles. The molecule has 0 aliphatic rings. The van der Waals surface area contributed by atoms with E-state index in [4.69, 9.17) is 5.73 Å². The van der Waals surface area contributed by atoms with Crippen LogP contribution in [0.15, 0.2) is 24.3 Å². The van der Waals surface area contributed by atoms with Crippen molar-refractivity contribution in [1.29, 1.82) is 0 Å². The summed E-state index contributed by atoms with van der Waals surface area (Å²) >= 11 is 0. The van der Waals surface area contributed by atoms with Gasteiger partial charge >= 0.3 is 0 Å². The van der Waals surface area contributed by atoms with E-state index in [-0.39, 0.29) is 0 Å². The number of nitrogens with two attached hydrogens (primary N) is 1. The molecule has 0 amide bonds. The van der Waals surface area contributed by atoms with Crippen LogP contribution in [0.5, 0.6) is 5.75 Å². The van der Waals surface area contributed by atoms with Gasteiger partial charge in [0.25, 0.3) is 0 Å². The number of halogens is 1. The standard InChI is InChI=1S/C9H12FNO/c10-12-9-6-2-1-4-8(9)5-3-7-11/h1-2,4,6H,3,5,7,11H2. The van der Waals surface area contributed by atoms with Crippen molar-refractivity contribution in [2.75, 3.05) is 6.54 Å². The molecule has 0 saturated carbocycles. The molecular formula is C9H12FNO. The lowest BCUT2D eigenvalue weighted by molar-refractivity contribution is -0.00734. The molecule has 1 rings (SSSR count). The monoisotopic (exact) mass is 169 g/mol. The Morgan fingerprint density at radius 2 is 2.08 bits per heavy atom. The van der Waals surface area contributed by atoms with Crippen molar-refractivity contribution in [3.05, 3.63) is 29.8 Å². The number of benzene rings is 1. The third kappa shape index (κ3) is 2.20. The van der Waals surface area contributed by atoms with Crippen LogP contribution in [0.25, 0.3) is 0 Å². The van der Waals surface area contributed by atoms with Gasteiger partial charge < -0.3 is 5.73 Å². The van der Waals surface area contributed by atoms with Gasteiger partial charge in [0.1, 0.15) is 0 Å². The smallest absolute Gasteiger partial charge is 0.175 e. The summed E-state index contributed by atoms with van der Waals surface area (Å²) in [6.07, 6.45) is 1.61. The Bertz CT molecular complexity index is 240. The lowest BCUT2D eigenvalue weighted by atomic mass is 10.1.